The van der Waals surface area contributed by atoms with Crippen LogP contribution in [0.2, 0.25) is 0 Å². The maximum absolute atomic E-state index is 12.1. The maximum Gasteiger partial charge on any atom is 0.341 e. The van der Waals surface area contributed by atoms with Gasteiger partial charge in [0.05, 0.1) is 40.6 Å². The van der Waals surface area contributed by atoms with Crippen molar-refractivity contribution in [3.63, 3.8) is 0 Å². The van der Waals surface area contributed by atoms with Crippen LogP contribution in [0.1, 0.15) is 17.3 Å². The van der Waals surface area contributed by atoms with Crippen LogP contribution in [0.4, 0.5) is 22.7 Å². The van der Waals surface area contributed by atoms with Crippen molar-refractivity contribution in [2.45, 2.75) is 13.0 Å². The molecule has 0 bridgehead atoms. The third-order valence-electron chi connectivity index (χ3n) is 5.87. The van der Waals surface area contributed by atoms with Gasteiger partial charge in [-0.05, 0) is 119 Å². The first-order chi connectivity index (χ1) is 22.0. The topological polar surface area (TPSA) is 235 Å². The summed E-state index contributed by atoms with van der Waals surface area (Å²) in [5.41, 5.74) is 24.8. The second-order valence-electron chi connectivity index (χ2n) is 9.49. The summed E-state index contributed by atoms with van der Waals surface area (Å²) >= 11 is 13.4. The van der Waals surface area contributed by atoms with Gasteiger partial charge < -0.3 is 52.7 Å². The number of carbonyl (C=O) groups excluding carboxylic acids is 1. The first-order valence-corrected chi connectivity index (χ1v) is 16.2. The Bertz CT molecular complexity index is 1780. The summed E-state index contributed by atoms with van der Waals surface area (Å²) in [6.45, 7) is 0.959. The highest BCUT2D eigenvalue weighted by Crippen LogP contribution is 2.41. The Labute approximate surface area is 302 Å². The first kappa shape index (κ1) is 37.3. The van der Waals surface area contributed by atoms with Crippen LogP contribution in [0.3, 0.4) is 0 Å². The number of amides is 1. The molecule has 0 aliphatic heterocycles. The summed E-state index contributed by atoms with van der Waals surface area (Å²) in [5.74, 6) is -0.349. The predicted octanol–water partition coefficient (Wildman–Crippen LogP) is 7.00. The average molecular weight is 905 g/mol. The maximum atomic E-state index is 12.1. The SMILES string of the molecule is CC(NC(=O)c1cc(Br)c(Oc2ccc(N)c(N)c2)c(Br)c1)C(=O)O.Nc1ccc(Oc2c(Br)cc(OCC(=O)O)cc2Br)cc1N. The smallest absolute Gasteiger partial charge is 0.341 e. The van der Waals surface area contributed by atoms with Gasteiger partial charge >= 0.3 is 11.9 Å². The van der Waals surface area contributed by atoms with Gasteiger partial charge in [0.1, 0.15) is 23.3 Å². The number of nitrogens with two attached hydrogens (primary N) is 4. The van der Waals surface area contributed by atoms with Gasteiger partial charge in [-0.25, -0.2) is 4.79 Å². The number of nitrogen functional groups attached to an aromatic ring is 4. The van der Waals surface area contributed by atoms with Gasteiger partial charge in [-0.1, -0.05) is 0 Å². The van der Waals surface area contributed by atoms with Crippen LogP contribution in [0.25, 0.3) is 0 Å². The highest BCUT2D eigenvalue weighted by Gasteiger charge is 2.19. The fraction of sp³-hybridized carbons (Fsp3) is 0.100. The lowest BCUT2D eigenvalue weighted by Gasteiger charge is -2.14. The van der Waals surface area contributed by atoms with E-state index in [0.29, 0.717) is 69.4 Å². The van der Waals surface area contributed by atoms with Gasteiger partial charge in [-0.2, -0.15) is 0 Å². The van der Waals surface area contributed by atoms with Crippen molar-refractivity contribution in [1.29, 1.82) is 0 Å². The Morgan fingerprint density at radius 2 is 1.11 bits per heavy atom. The lowest BCUT2D eigenvalue weighted by atomic mass is 10.2. The lowest BCUT2D eigenvalue weighted by molar-refractivity contribution is -0.140. The van der Waals surface area contributed by atoms with Gasteiger partial charge in [-0.3, -0.25) is 9.59 Å². The lowest BCUT2D eigenvalue weighted by Crippen LogP contribution is -2.38. The third-order valence-corrected chi connectivity index (χ3v) is 8.23. The quantitative estimate of drug-likeness (QED) is 0.0797. The summed E-state index contributed by atoms with van der Waals surface area (Å²) in [4.78, 5) is 33.5. The minimum Gasteiger partial charge on any atom is -0.482 e. The van der Waals surface area contributed by atoms with Crippen molar-refractivity contribution in [2.75, 3.05) is 29.5 Å². The van der Waals surface area contributed by atoms with E-state index in [0.717, 1.165) is 0 Å². The summed E-state index contributed by atoms with van der Waals surface area (Å²) < 4.78 is 18.8. The summed E-state index contributed by atoms with van der Waals surface area (Å²) in [6, 6.07) is 15.1. The molecule has 1 amide bonds. The van der Waals surface area contributed by atoms with Gasteiger partial charge in [0.25, 0.3) is 5.91 Å². The summed E-state index contributed by atoms with van der Waals surface area (Å²) in [5, 5.41) is 19.9. The highest BCUT2D eigenvalue weighted by atomic mass is 79.9. The molecule has 0 heterocycles. The molecule has 0 fully saturated rings. The minimum absolute atomic E-state index is 0.274. The van der Waals surface area contributed by atoms with Crippen LogP contribution in [-0.4, -0.2) is 40.7 Å². The molecule has 0 saturated carbocycles. The molecule has 0 radical (unpaired) electrons. The standard InChI is InChI=1S/C16H15Br2N3O4.C14H12Br2N2O4/c1-7(16(23)24)21-15(22)8-4-10(17)14(11(18)5-8)25-9-2-3-12(19)13(20)6-9;15-9-3-8(21-6-13(19)20)4-10(16)14(9)22-7-1-2-11(17)12(18)5-7/h2-7H,19-20H2,1H3,(H,21,22)(H,23,24);1-5H,6,17-18H2,(H,19,20). The van der Waals surface area contributed by atoms with E-state index >= 15 is 0 Å². The van der Waals surface area contributed by atoms with Crippen LogP contribution < -0.4 is 42.5 Å². The fourth-order valence-corrected chi connectivity index (χ4v) is 6.12. The number of hydrogen-bond donors (Lipinski definition) is 7. The molecule has 0 aromatic heterocycles. The number of halogens is 4. The Morgan fingerprint density at radius 1 is 0.681 bits per heavy atom. The normalized spacial score (nSPS) is 11.0. The zero-order chi connectivity index (χ0) is 35.0. The second kappa shape index (κ2) is 16.6. The summed E-state index contributed by atoms with van der Waals surface area (Å²) in [6.07, 6.45) is 0. The fourth-order valence-electron chi connectivity index (χ4n) is 3.46. The average Bonchev–Trinajstić information content (AvgIpc) is 2.99. The van der Waals surface area contributed by atoms with Crippen molar-refractivity contribution in [3.05, 3.63) is 84.1 Å². The third kappa shape index (κ3) is 10.7. The van der Waals surface area contributed by atoms with Crippen molar-refractivity contribution in [3.8, 4) is 28.7 Å². The largest absolute Gasteiger partial charge is 0.482 e. The van der Waals surface area contributed by atoms with Gasteiger partial charge in [0.2, 0.25) is 0 Å². The van der Waals surface area contributed by atoms with Crippen molar-refractivity contribution < 1.29 is 38.8 Å². The molecule has 248 valence electrons. The second-order valence-corrected chi connectivity index (χ2v) is 12.9. The first-order valence-electron chi connectivity index (χ1n) is 13.1. The molecule has 11 N–H and O–H groups in total. The van der Waals surface area contributed by atoms with E-state index in [4.69, 9.17) is 47.4 Å². The van der Waals surface area contributed by atoms with Crippen molar-refractivity contribution in [1.82, 2.24) is 5.32 Å². The van der Waals surface area contributed by atoms with Crippen LogP contribution in [0, 0.1) is 0 Å². The van der Waals surface area contributed by atoms with E-state index in [-0.39, 0.29) is 5.56 Å². The Morgan fingerprint density at radius 3 is 1.49 bits per heavy atom. The number of carboxylic acids is 2. The molecule has 0 spiro atoms. The molecule has 13 nitrogen and oxygen atoms in total. The molecule has 1 unspecified atom stereocenters. The molecular formula is C30H27Br4N5O8. The van der Waals surface area contributed by atoms with E-state index in [1.54, 1.807) is 48.5 Å². The van der Waals surface area contributed by atoms with E-state index in [9.17, 15) is 14.4 Å². The molecular weight excluding hydrogens is 878 g/mol. The van der Waals surface area contributed by atoms with Crippen LogP contribution in [-0.2, 0) is 9.59 Å². The van der Waals surface area contributed by atoms with E-state index < -0.39 is 30.5 Å². The Kier molecular flexibility index (Phi) is 13.1. The number of anilines is 4. The molecule has 4 rings (SSSR count). The monoisotopic (exact) mass is 901 g/mol. The van der Waals surface area contributed by atoms with Crippen LogP contribution >= 0.6 is 63.7 Å². The number of carbonyl (C=O) groups is 3. The molecule has 0 aliphatic carbocycles. The number of carboxylic acid groups (broad SMARTS) is 2. The van der Waals surface area contributed by atoms with Crippen LogP contribution in [0.15, 0.2) is 78.6 Å². The molecule has 47 heavy (non-hydrogen) atoms. The van der Waals surface area contributed by atoms with Crippen molar-refractivity contribution >= 4 is 104 Å². The number of hydrogen-bond acceptors (Lipinski definition) is 10. The molecule has 4 aromatic carbocycles. The molecule has 17 heteroatoms. The number of aliphatic carboxylic acids is 2. The number of ether oxygens (including phenoxy) is 3. The van der Waals surface area contributed by atoms with Gasteiger partial charge in [0.15, 0.2) is 18.1 Å². The zero-order valence-corrected chi connectivity index (χ0v) is 30.6. The molecule has 0 saturated heterocycles. The minimum atomic E-state index is -1.12. The van der Waals surface area contributed by atoms with Gasteiger partial charge in [0, 0.05) is 17.7 Å². The summed E-state index contributed by atoms with van der Waals surface area (Å²) in [7, 11) is 0. The highest BCUT2D eigenvalue weighted by molar-refractivity contribution is 9.11. The van der Waals surface area contributed by atoms with Crippen molar-refractivity contribution in [2.24, 2.45) is 0 Å². The van der Waals surface area contributed by atoms with E-state index in [1.165, 1.54) is 19.1 Å². The zero-order valence-electron chi connectivity index (χ0n) is 24.2. The van der Waals surface area contributed by atoms with Gasteiger partial charge in [-0.15, -0.1) is 0 Å². The Hall–Kier alpha value is -4.19. The van der Waals surface area contributed by atoms with E-state index in [1.807, 2.05) is 0 Å². The molecule has 1 atom stereocenters. The number of rotatable bonds is 10. The number of benzene rings is 4. The van der Waals surface area contributed by atoms with Crippen LogP contribution in [0.5, 0.6) is 28.7 Å². The van der Waals surface area contributed by atoms with E-state index in [2.05, 4.69) is 69.0 Å². The Balaban J connectivity index is 0.000000257. The number of nitrogens with one attached hydrogen (secondary N) is 1. The molecule has 4 aromatic rings. The molecule has 0 aliphatic rings. The predicted molar refractivity (Wildman–Crippen MR) is 192 cm³/mol.